The minimum atomic E-state index is -0.0849. The highest BCUT2D eigenvalue weighted by molar-refractivity contribution is 5.92. The van der Waals surface area contributed by atoms with Gasteiger partial charge in [0.2, 0.25) is 5.95 Å². The van der Waals surface area contributed by atoms with Gasteiger partial charge in [0.25, 0.3) is 5.91 Å². The van der Waals surface area contributed by atoms with Gasteiger partial charge in [-0.25, -0.2) is 9.97 Å². The number of nitrogens with one attached hydrogen (secondary N) is 1. The third-order valence-electron chi connectivity index (χ3n) is 3.47. The largest absolute Gasteiger partial charge is 0.497 e. The number of hydrogen-bond acceptors (Lipinski definition) is 5. The molecule has 0 atom stereocenters. The minimum absolute atomic E-state index is 0.0849. The Morgan fingerprint density at radius 2 is 1.83 bits per heavy atom. The zero-order valence-electron chi connectivity index (χ0n) is 14.0. The number of carbonyl (C=O) groups is 1. The highest BCUT2D eigenvalue weighted by atomic mass is 16.5. The van der Waals surface area contributed by atoms with Crippen molar-refractivity contribution in [2.75, 3.05) is 25.5 Å². The van der Waals surface area contributed by atoms with Gasteiger partial charge in [0.05, 0.1) is 7.11 Å². The van der Waals surface area contributed by atoms with Crippen LogP contribution in [-0.4, -0.2) is 41.0 Å². The lowest BCUT2D eigenvalue weighted by Crippen LogP contribution is -2.31. The molecule has 23 heavy (non-hydrogen) atoms. The van der Waals surface area contributed by atoms with Crippen molar-refractivity contribution in [3.05, 3.63) is 41.7 Å². The SMILES string of the molecule is CCN(CC)C(=O)c1cc(C)nc(Nc2ccc(OC)cc2)n1. The number of anilines is 2. The fraction of sp³-hybridized carbons (Fsp3) is 0.353. The first-order valence-corrected chi connectivity index (χ1v) is 7.63. The number of benzene rings is 1. The van der Waals surface area contributed by atoms with E-state index >= 15 is 0 Å². The highest BCUT2D eigenvalue weighted by Crippen LogP contribution is 2.18. The van der Waals surface area contributed by atoms with E-state index in [9.17, 15) is 4.79 Å². The standard InChI is InChI=1S/C17H22N4O2/c1-5-21(6-2)16(22)15-11-12(3)18-17(20-15)19-13-7-9-14(23-4)10-8-13/h7-11H,5-6H2,1-4H3,(H,18,19,20). The molecule has 2 aromatic rings. The summed E-state index contributed by atoms with van der Waals surface area (Å²) in [7, 11) is 1.62. The van der Waals surface area contributed by atoms with Crippen molar-refractivity contribution >= 4 is 17.5 Å². The van der Waals surface area contributed by atoms with Gasteiger partial charge in [0.15, 0.2) is 0 Å². The third-order valence-corrected chi connectivity index (χ3v) is 3.47. The number of nitrogens with zero attached hydrogens (tertiary/aromatic N) is 3. The second kappa shape index (κ2) is 7.58. The molecule has 0 radical (unpaired) electrons. The molecule has 0 aliphatic carbocycles. The first kappa shape index (κ1) is 16.7. The molecule has 2 rings (SSSR count). The lowest BCUT2D eigenvalue weighted by Gasteiger charge is -2.18. The summed E-state index contributed by atoms with van der Waals surface area (Å²) in [6.45, 7) is 7.05. The summed E-state index contributed by atoms with van der Waals surface area (Å²) in [4.78, 5) is 22.9. The van der Waals surface area contributed by atoms with Gasteiger partial charge in [0.1, 0.15) is 11.4 Å². The normalized spacial score (nSPS) is 10.3. The number of aromatic nitrogens is 2. The number of hydrogen-bond donors (Lipinski definition) is 1. The van der Waals surface area contributed by atoms with Crippen LogP contribution in [0.5, 0.6) is 5.75 Å². The van der Waals surface area contributed by atoms with Crippen LogP contribution in [0, 0.1) is 6.92 Å². The number of methoxy groups -OCH3 is 1. The maximum Gasteiger partial charge on any atom is 0.272 e. The molecule has 1 N–H and O–H groups in total. The molecule has 1 aromatic heterocycles. The summed E-state index contributed by atoms with van der Waals surface area (Å²) < 4.78 is 5.13. The summed E-state index contributed by atoms with van der Waals surface area (Å²) in [6.07, 6.45) is 0. The van der Waals surface area contributed by atoms with Gasteiger partial charge in [0, 0.05) is 24.5 Å². The summed E-state index contributed by atoms with van der Waals surface area (Å²) in [6, 6.07) is 9.15. The number of ether oxygens (including phenoxy) is 1. The maximum absolute atomic E-state index is 12.4. The summed E-state index contributed by atoms with van der Waals surface area (Å²) in [5, 5.41) is 3.12. The van der Waals surface area contributed by atoms with Crippen LogP contribution in [-0.2, 0) is 0 Å². The van der Waals surface area contributed by atoms with E-state index in [1.807, 2.05) is 45.0 Å². The van der Waals surface area contributed by atoms with Crippen molar-refractivity contribution < 1.29 is 9.53 Å². The molecule has 1 aromatic carbocycles. The molecule has 0 fully saturated rings. The molecule has 6 nitrogen and oxygen atoms in total. The van der Waals surface area contributed by atoms with E-state index in [0.717, 1.165) is 17.1 Å². The molecule has 0 spiro atoms. The molecule has 0 bridgehead atoms. The monoisotopic (exact) mass is 314 g/mol. The molecule has 1 heterocycles. The van der Waals surface area contributed by atoms with Crippen LogP contribution in [0.1, 0.15) is 30.0 Å². The van der Waals surface area contributed by atoms with E-state index in [-0.39, 0.29) is 5.91 Å². The van der Waals surface area contributed by atoms with Crippen molar-refractivity contribution in [3.63, 3.8) is 0 Å². The zero-order chi connectivity index (χ0) is 16.8. The molecule has 0 unspecified atom stereocenters. The van der Waals surface area contributed by atoms with Gasteiger partial charge < -0.3 is 15.0 Å². The fourth-order valence-corrected chi connectivity index (χ4v) is 2.21. The molecule has 6 heteroatoms. The van der Waals surface area contributed by atoms with Crippen molar-refractivity contribution in [2.45, 2.75) is 20.8 Å². The topological polar surface area (TPSA) is 67.4 Å². The third kappa shape index (κ3) is 4.18. The first-order valence-electron chi connectivity index (χ1n) is 7.63. The Labute approximate surface area is 136 Å². The summed E-state index contributed by atoms with van der Waals surface area (Å²) in [5.74, 6) is 1.10. The fourth-order valence-electron chi connectivity index (χ4n) is 2.21. The zero-order valence-corrected chi connectivity index (χ0v) is 14.0. The lowest BCUT2D eigenvalue weighted by molar-refractivity contribution is 0.0767. The molecule has 0 aliphatic heterocycles. The Morgan fingerprint density at radius 3 is 2.39 bits per heavy atom. The van der Waals surface area contributed by atoms with Gasteiger partial charge in [-0.1, -0.05) is 0 Å². The van der Waals surface area contributed by atoms with Crippen LogP contribution in [0.2, 0.25) is 0 Å². The molecular weight excluding hydrogens is 292 g/mol. The van der Waals surface area contributed by atoms with Crippen molar-refractivity contribution in [1.29, 1.82) is 0 Å². The summed E-state index contributed by atoms with van der Waals surface area (Å²) in [5.41, 5.74) is 1.97. The van der Waals surface area contributed by atoms with Crippen LogP contribution in [0.25, 0.3) is 0 Å². The van der Waals surface area contributed by atoms with Crippen LogP contribution in [0.15, 0.2) is 30.3 Å². The van der Waals surface area contributed by atoms with Crippen molar-refractivity contribution in [2.24, 2.45) is 0 Å². The Morgan fingerprint density at radius 1 is 1.17 bits per heavy atom. The Balaban J connectivity index is 2.24. The smallest absolute Gasteiger partial charge is 0.272 e. The molecule has 0 saturated carbocycles. The van der Waals surface area contributed by atoms with Crippen LogP contribution < -0.4 is 10.1 Å². The highest BCUT2D eigenvalue weighted by Gasteiger charge is 2.15. The van der Waals surface area contributed by atoms with E-state index in [1.54, 1.807) is 18.1 Å². The van der Waals surface area contributed by atoms with E-state index in [1.165, 1.54) is 0 Å². The number of carbonyl (C=O) groups excluding carboxylic acids is 1. The average molecular weight is 314 g/mol. The van der Waals surface area contributed by atoms with Crippen molar-refractivity contribution in [1.82, 2.24) is 14.9 Å². The minimum Gasteiger partial charge on any atom is -0.497 e. The van der Waals surface area contributed by atoms with Gasteiger partial charge in [-0.15, -0.1) is 0 Å². The van der Waals surface area contributed by atoms with Crippen LogP contribution in [0.4, 0.5) is 11.6 Å². The quantitative estimate of drug-likeness (QED) is 0.887. The van der Waals surface area contributed by atoms with Crippen LogP contribution in [0.3, 0.4) is 0 Å². The summed E-state index contributed by atoms with van der Waals surface area (Å²) >= 11 is 0. The van der Waals surface area contributed by atoms with E-state index in [0.29, 0.717) is 24.7 Å². The maximum atomic E-state index is 12.4. The molecular formula is C17H22N4O2. The van der Waals surface area contributed by atoms with Gasteiger partial charge in [-0.05, 0) is 51.1 Å². The second-order valence-corrected chi connectivity index (χ2v) is 5.05. The second-order valence-electron chi connectivity index (χ2n) is 5.05. The van der Waals surface area contributed by atoms with E-state index in [2.05, 4.69) is 15.3 Å². The molecule has 1 amide bonds. The van der Waals surface area contributed by atoms with E-state index in [4.69, 9.17) is 4.74 Å². The number of aryl methyl sites for hydroxylation is 1. The molecule has 122 valence electrons. The Hall–Kier alpha value is -2.63. The van der Waals surface area contributed by atoms with E-state index < -0.39 is 0 Å². The Kier molecular flexibility index (Phi) is 5.51. The van der Waals surface area contributed by atoms with Gasteiger partial charge in [-0.3, -0.25) is 4.79 Å². The van der Waals surface area contributed by atoms with Crippen LogP contribution >= 0.6 is 0 Å². The van der Waals surface area contributed by atoms with Crippen molar-refractivity contribution in [3.8, 4) is 5.75 Å². The molecule has 0 saturated heterocycles. The van der Waals surface area contributed by atoms with Gasteiger partial charge >= 0.3 is 0 Å². The predicted molar refractivity (Wildman–Crippen MR) is 90.3 cm³/mol. The average Bonchev–Trinajstić information content (AvgIpc) is 2.56. The first-order chi connectivity index (χ1) is 11.1. The predicted octanol–water partition coefficient (Wildman–Crippen LogP) is 3.02. The Bertz CT molecular complexity index is 667. The number of amides is 1. The molecule has 0 aliphatic rings. The number of rotatable bonds is 6. The van der Waals surface area contributed by atoms with Gasteiger partial charge in [-0.2, -0.15) is 0 Å². The lowest BCUT2D eigenvalue weighted by atomic mass is 10.3.